The van der Waals surface area contributed by atoms with E-state index >= 15 is 0 Å². The molecule has 92 valence electrons. The van der Waals surface area contributed by atoms with E-state index in [4.69, 9.17) is 0 Å². The van der Waals surface area contributed by atoms with Crippen LogP contribution >= 0.6 is 15.9 Å². The number of halogens is 1. The molecule has 2 nitrogen and oxygen atoms in total. The normalized spacial score (nSPS) is 20.5. The Morgan fingerprint density at radius 3 is 2.88 bits per heavy atom. The maximum absolute atomic E-state index is 11.9. The van der Waals surface area contributed by atoms with Crippen molar-refractivity contribution in [1.82, 2.24) is 4.90 Å². The fourth-order valence-corrected chi connectivity index (χ4v) is 2.77. The number of piperidine rings is 1. The van der Waals surface area contributed by atoms with E-state index in [1.807, 2.05) is 26.0 Å². The number of hydrogen-bond donors (Lipinski definition) is 0. The van der Waals surface area contributed by atoms with Crippen molar-refractivity contribution in [3.05, 3.63) is 34.3 Å². The molecule has 0 unspecified atom stereocenters. The van der Waals surface area contributed by atoms with Crippen LogP contribution in [0.15, 0.2) is 28.7 Å². The van der Waals surface area contributed by atoms with Crippen LogP contribution in [0, 0.1) is 0 Å². The minimum Gasteiger partial charge on any atom is -0.298 e. The number of nitrogens with zero attached hydrogens (tertiary/aromatic N) is 1. The van der Waals surface area contributed by atoms with Crippen LogP contribution in [-0.4, -0.2) is 22.8 Å². The number of Topliss-reactive ketones (excluding diaryl/α,β-unsaturated/α-hetero) is 1. The molecular weight excluding hydrogens is 278 g/mol. The Bertz CT molecular complexity index is 428. The predicted molar refractivity (Wildman–Crippen MR) is 72.9 cm³/mol. The summed E-state index contributed by atoms with van der Waals surface area (Å²) in [6.45, 7) is 5.92. The second-order valence-electron chi connectivity index (χ2n) is 5.14. The van der Waals surface area contributed by atoms with Gasteiger partial charge in [-0.3, -0.25) is 9.69 Å². The Balaban J connectivity index is 2.15. The molecule has 1 fully saturated rings. The van der Waals surface area contributed by atoms with Crippen LogP contribution in [0.5, 0.6) is 0 Å². The highest BCUT2D eigenvalue weighted by Crippen LogP contribution is 2.26. The summed E-state index contributed by atoms with van der Waals surface area (Å²) >= 11 is 3.48. The molecule has 3 heteroatoms. The summed E-state index contributed by atoms with van der Waals surface area (Å²) < 4.78 is 1.09. The molecule has 1 aromatic rings. The Labute approximate surface area is 111 Å². The third-order valence-corrected chi connectivity index (χ3v) is 4.06. The van der Waals surface area contributed by atoms with Gasteiger partial charge in [0, 0.05) is 17.4 Å². The van der Waals surface area contributed by atoms with Gasteiger partial charge in [0.05, 0.1) is 5.54 Å². The van der Waals surface area contributed by atoms with Crippen molar-refractivity contribution < 1.29 is 4.79 Å². The summed E-state index contributed by atoms with van der Waals surface area (Å²) in [6.07, 6.45) is 1.71. The molecule has 2 rings (SSSR count). The topological polar surface area (TPSA) is 20.3 Å². The highest BCUT2D eigenvalue weighted by Gasteiger charge is 2.36. The maximum atomic E-state index is 11.9. The van der Waals surface area contributed by atoms with Crippen LogP contribution in [0.3, 0.4) is 0 Å². The molecule has 0 N–H and O–H groups in total. The van der Waals surface area contributed by atoms with Gasteiger partial charge in [-0.05, 0) is 44.5 Å². The third kappa shape index (κ3) is 2.78. The van der Waals surface area contributed by atoms with E-state index in [1.165, 1.54) is 5.56 Å². The first-order valence-electron chi connectivity index (χ1n) is 6.03. The summed E-state index contributed by atoms with van der Waals surface area (Å²) in [5.41, 5.74) is 0.933. The lowest BCUT2D eigenvalue weighted by Gasteiger charge is -2.41. The summed E-state index contributed by atoms with van der Waals surface area (Å²) in [4.78, 5) is 14.2. The van der Waals surface area contributed by atoms with E-state index in [1.54, 1.807) is 0 Å². The van der Waals surface area contributed by atoms with Crippen molar-refractivity contribution in [2.24, 2.45) is 0 Å². The van der Waals surface area contributed by atoms with E-state index in [2.05, 4.69) is 33.0 Å². The zero-order valence-corrected chi connectivity index (χ0v) is 12.0. The smallest absolute Gasteiger partial charge is 0.152 e. The average molecular weight is 296 g/mol. The van der Waals surface area contributed by atoms with Gasteiger partial charge >= 0.3 is 0 Å². The lowest BCUT2D eigenvalue weighted by atomic mass is 9.88. The van der Waals surface area contributed by atoms with Gasteiger partial charge in [0.15, 0.2) is 5.78 Å². The highest BCUT2D eigenvalue weighted by atomic mass is 79.9. The average Bonchev–Trinajstić information content (AvgIpc) is 2.25. The van der Waals surface area contributed by atoms with Crippen molar-refractivity contribution in [3.8, 4) is 0 Å². The first-order chi connectivity index (χ1) is 8.00. The fourth-order valence-electron chi connectivity index (χ4n) is 2.32. The molecule has 0 aromatic heterocycles. The molecule has 0 spiro atoms. The van der Waals surface area contributed by atoms with Crippen molar-refractivity contribution in [2.45, 2.75) is 38.8 Å². The molecule has 17 heavy (non-hydrogen) atoms. The van der Waals surface area contributed by atoms with Gasteiger partial charge in [0.2, 0.25) is 0 Å². The first-order valence-corrected chi connectivity index (χ1v) is 6.82. The second-order valence-corrected chi connectivity index (χ2v) is 6.05. The molecule has 0 aliphatic carbocycles. The quantitative estimate of drug-likeness (QED) is 0.833. The van der Waals surface area contributed by atoms with Gasteiger partial charge in [-0.2, -0.15) is 0 Å². The molecule has 0 atom stereocenters. The van der Waals surface area contributed by atoms with E-state index in [0.717, 1.165) is 30.4 Å². The van der Waals surface area contributed by atoms with Crippen LogP contribution in [-0.2, 0) is 11.3 Å². The Morgan fingerprint density at radius 1 is 1.41 bits per heavy atom. The fraction of sp³-hybridized carbons (Fsp3) is 0.500. The van der Waals surface area contributed by atoms with E-state index in [0.29, 0.717) is 5.78 Å². The molecule has 0 bridgehead atoms. The van der Waals surface area contributed by atoms with Gasteiger partial charge in [-0.1, -0.05) is 28.1 Å². The molecule has 0 amide bonds. The van der Waals surface area contributed by atoms with Gasteiger partial charge in [0.25, 0.3) is 0 Å². The molecule has 1 aliphatic heterocycles. The third-order valence-electron chi connectivity index (χ3n) is 3.57. The van der Waals surface area contributed by atoms with Crippen molar-refractivity contribution in [2.75, 3.05) is 6.54 Å². The van der Waals surface area contributed by atoms with E-state index in [-0.39, 0.29) is 5.54 Å². The summed E-state index contributed by atoms with van der Waals surface area (Å²) in [7, 11) is 0. The minimum absolute atomic E-state index is 0.319. The van der Waals surface area contributed by atoms with Crippen LogP contribution < -0.4 is 0 Å². The molecule has 1 heterocycles. The number of ketones is 1. The zero-order valence-electron chi connectivity index (χ0n) is 10.4. The lowest BCUT2D eigenvalue weighted by molar-refractivity contribution is -0.133. The number of likely N-dealkylation sites (tertiary alicyclic amines) is 1. The molecule has 0 radical (unpaired) electrons. The van der Waals surface area contributed by atoms with Gasteiger partial charge in [-0.25, -0.2) is 0 Å². The summed E-state index contributed by atoms with van der Waals surface area (Å²) in [5.74, 6) is 0.360. The minimum atomic E-state index is -0.319. The maximum Gasteiger partial charge on any atom is 0.152 e. The van der Waals surface area contributed by atoms with Crippen LogP contribution in [0.4, 0.5) is 0 Å². The SMILES string of the molecule is CC1(C)C(=O)CCCN1Cc1cccc(Br)c1. The van der Waals surface area contributed by atoms with Crippen molar-refractivity contribution >= 4 is 21.7 Å². The largest absolute Gasteiger partial charge is 0.298 e. The number of rotatable bonds is 2. The monoisotopic (exact) mass is 295 g/mol. The van der Waals surface area contributed by atoms with Gasteiger partial charge < -0.3 is 0 Å². The molecule has 1 aliphatic rings. The number of carbonyl (C=O) groups is 1. The lowest BCUT2D eigenvalue weighted by Crippen LogP contribution is -2.53. The van der Waals surface area contributed by atoms with Gasteiger partial charge in [0.1, 0.15) is 0 Å². The Kier molecular flexibility index (Phi) is 3.69. The summed E-state index contributed by atoms with van der Waals surface area (Å²) in [6, 6.07) is 8.29. The second kappa shape index (κ2) is 4.91. The molecule has 0 saturated carbocycles. The van der Waals surface area contributed by atoms with Crippen molar-refractivity contribution in [1.29, 1.82) is 0 Å². The number of hydrogen-bond acceptors (Lipinski definition) is 2. The highest BCUT2D eigenvalue weighted by molar-refractivity contribution is 9.10. The van der Waals surface area contributed by atoms with E-state index in [9.17, 15) is 4.79 Å². The molecular formula is C14H18BrNO. The van der Waals surface area contributed by atoms with Crippen molar-refractivity contribution in [3.63, 3.8) is 0 Å². The number of carbonyl (C=O) groups excluding carboxylic acids is 1. The van der Waals surface area contributed by atoms with Gasteiger partial charge in [-0.15, -0.1) is 0 Å². The number of benzene rings is 1. The Morgan fingerprint density at radius 2 is 2.18 bits per heavy atom. The predicted octanol–water partition coefficient (Wildman–Crippen LogP) is 3.39. The Hall–Kier alpha value is -0.670. The zero-order chi connectivity index (χ0) is 12.5. The van der Waals surface area contributed by atoms with E-state index < -0.39 is 0 Å². The van der Waals surface area contributed by atoms with Crippen LogP contribution in [0.1, 0.15) is 32.3 Å². The molecule has 1 aromatic carbocycles. The molecule has 1 saturated heterocycles. The van der Waals surface area contributed by atoms with Crippen LogP contribution in [0.25, 0.3) is 0 Å². The first kappa shape index (κ1) is 12.8. The summed E-state index contributed by atoms with van der Waals surface area (Å²) in [5, 5.41) is 0. The van der Waals surface area contributed by atoms with Crippen LogP contribution in [0.2, 0.25) is 0 Å². The standard InChI is InChI=1S/C14H18BrNO/c1-14(2)13(17)7-4-8-16(14)10-11-5-3-6-12(15)9-11/h3,5-6,9H,4,7-8,10H2,1-2H3.